The molecule has 0 radical (unpaired) electrons. The molecule has 0 aliphatic rings. The van der Waals surface area contributed by atoms with Crippen molar-refractivity contribution < 1.29 is 19.7 Å². The Morgan fingerprint density at radius 1 is 0.778 bits per heavy atom. The highest BCUT2D eigenvalue weighted by Gasteiger charge is 2.20. The lowest BCUT2D eigenvalue weighted by molar-refractivity contribution is 0.262. The molecule has 7 heteroatoms. The average molecular weight is 596 g/mol. The number of aliphatic hydroxyl groups excluding tert-OH is 1. The smallest absolute Gasteiger partial charge is 0.323 e. The Kier molecular flexibility index (Phi) is 8.71. The second kappa shape index (κ2) is 13.3. The van der Waals surface area contributed by atoms with Gasteiger partial charge in [0.05, 0.1) is 12.6 Å². The molecule has 0 saturated carbocycles. The molecule has 6 aromatic carbocycles. The Morgan fingerprint density at radius 3 is 2.22 bits per heavy atom. The third-order valence-corrected chi connectivity index (χ3v) is 7.54. The van der Waals surface area contributed by atoms with E-state index >= 15 is 0 Å². The normalized spacial score (nSPS) is 12.0. The van der Waals surface area contributed by atoms with Crippen molar-refractivity contribution in [3.63, 3.8) is 0 Å². The number of benzene rings is 6. The van der Waals surface area contributed by atoms with E-state index in [9.17, 15) is 15.0 Å². The number of carbonyl (C=O) groups excluding carboxylic acids is 1. The molecule has 0 heterocycles. The molecule has 6 rings (SSSR count). The van der Waals surface area contributed by atoms with Crippen LogP contribution >= 0.6 is 0 Å². The van der Waals surface area contributed by atoms with Crippen LogP contribution in [0.15, 0.2) is 126 Å². The van der Waals surface area contributed by atoms with E-state index in [1.807, 2.05) is 128 Å². The van der Waals surface area contributed by atoms with Crippen LogP contribution in [0.25, 0.3) is 32.7 Å². The van der Waals surface area contributed by atoms with Crippen molar-refractivity contribution in [2.45, 2.75) is 19.6 Å². The van der Waals surface area contributed by atoms with Crippen molar-refractivity contribution in [1.29, 1.82) is 0 Å². The van der Waals surface area contributed by atoms with Gasteiger partial charge >= 0.3 is 6.03 Å². The number of hydrogen-bond donors (Lipinski definition) is 4. The third kappa shape index (κ3) is 6.64. The zero-order valence-corrected chi connectivity index (χ0v) is 24.8. The molecule has 0 aliphatic heterocycles. The number of nitrogens with one attached hydrogen (secondary N) is 2. The first-order valence-electron chi connectivity index (χ1n) is 14.8. The number of ether oxygens (including phenoxy) is 1. The summed E-state index contributed by atoms with van der Waals surface area (Å²) in [6.07, 6.45) is 1.62. The molecule has 0 spiro atoms. The van der Waals surface area contributed by atoms with Crippen molar-refractivity contribution in [2.75, 3.05) is 17.2 Å². The molecule has 0 fully saturated rings. The first-order valence-corrected chi connectivity index (χ1v) is 14.8. The van der Waals surface area contributed by atoms with Gasteiger partial charge in [0.25, 0.3) is 0 Å². The molecule has 224 valence electrons. The van der Waals surface area contributed by atoms with E-state index in [1.54, 1.807) is 6.21 Å². The molecule has 4 N–H and O–H groups in total. The molecule has 1 atom stereocenters. The second-order valence-electron chi connectivity index (χ2n) is 10.8. The number of hydrogen-bond acceptors (Lipinski definition) is 5. The molecular weight excluding hydrogens is 562 g/mol. The monoisotopic (exact) mass is 595 g/mol. The summed E-state index contributed by atoms with van der Waals surface area (Å²) in [4.78, 5) is 17.0. The predicted octanol–water partition coefficient (Wildman–Crippen LogP) is 8.39. The summed E-state index contributed by atoms with van der Waals surface area (Å²) in [6.45, 7) is 1.95. The second-order valence-corrected chi connectivity index (χ2v) is 10.8. The largest absolute Gasteiger partial charge is 0.507 e. The number of urea groups is 1. The molecule has 2 amide bonds. The lowest BCUT2D eigenvalue weighted by Crippen LogP contribution is -2.19. The maximum absolute atomic E-state index is 12.6. The summed E-state index contributed by atoms with van der Waals surface area (Å²) in [6, 6.07) is 37.9. The van der Waals surface area contributed by atoms with Crippen molar-refractivity contribution >= 4 is 45.2 Å². The van der Waals surface area contributed by atoms with Gasteiger partial charge in [0.15, 0.2) is 0 Å². The van der Waals surface area contributed by atoms with Crippen LogP contribution in [-0.2, 0) is 6.61 Å². The third-order valence-electron chi connectivity index (χ3n) is 7.54. The number of aliphatic hydroxyl groups is 1. The number of nitrogens with zero attached hydrogens (tertiary/aromatic N) is 1. The Hall–Kier alpha value is -5.66. The molecule has 0 unspecified atom stereocenters. The summed E-state index contributed by atoms with van der Waals surface area (Å²) < 4.78 is 6.49. The summed E-state index contributed by atoms with van der Waals surface area (Å²) in [5.74, 6) is 0.687. The van der Waals surface area contributed by atoms with Gasteiger partial charge in [-0.15, -0.1) is 0 Å². The van der Waals surface area contributed by atoms with Gasteiger partial charge in [-0.25, -0.2) is 4.79 Å². The Bertz CT molecular complexity index is 2010. The summed E-state index contributed by atoms with van der Waals surface area (Å²) in [5.41, 5.74) is 4.16. The van der Waals surface area contributed by atoms with Crippen LogP contribution in [0.3, 0.4) is 0 Å². The average Bonchev–Trinajstić information content (AvgIpc) is 3.07. The fraction of sp³-hybridized carbons (Fsp3) is 0.105. The van der Waals surface area contributed by atoms with Crippen molar-refractivity contribution in [3.8, 4) is 22.6 Å². The van der Waals surface area contributed by atoms with Gasteiger partial charge in [-0.3, -0.25) is 4.99 Å². The molecular formula is C38H33N3O4. The minimum absolute atomic E-state index is 0.0828. The van der Waals surface area contributed by atoms with Gasteiger partial charge in [0.2, 0.25) is 0 Å². The van der Waals surface area contributed by atoms with Crippen LogP contribution in [0.4, 0.5) is 16.2 Å². The van der Waals surface area contributed by atoms with E-state index in [-0.39, 0.29) is 31.0 Å². The van der Waals surface area contributed by atoms with E-state index < -0.39 is 0 Å². The lowest BCUT2D eigenvalue weighted by Gasteiger charge is -2.19. The number of amides is 2. The molecule has 0 saturated heterocycles. The van der Waals surface area contributed by atoms with Crippen molar-refractivity contribution in [1.82, 2.24) is 0 Å². The fourth-order valence-electron chi connectivity index (χ4n) is 5.31. The number of rotatable bonds is 9. The summed E-state index contributed by atoms with van der Waals surface area (Å²) in [7, 11) is 0. The number of phenols is 1. The Balaban J connectivity index is 1.37. The number of phenolic OH excluding ortho intramolecular Hbond substituents is 1. The number of fused-ring (bicyclic) bond motifs is 2. The quantitative estimate of drug-likeness (QED) is 0.126. The fourth-order valence-corrected chi connectivity index (χ4v) is 5.31. The van der Waals surface area contributed by atoms with Gasteiger partial charge in [0.1, 0.15) is 18.1 Å². The van der Waals surface area contributed by atoms with Crippen LogP contribution in [0.5, 0.6) is 11.5 Å². The van der Waals surface area contributed by atoms with Crippen LogP contribution in [-0.4, -0.2) is 35.1 Å². The molecule has 0 aromatic heterocycles. The van der Waals surface area contributed by atoms with Crippen molar-refractivity contribution in [3.05, 3.63) is 132 Å². The maximum Gasteiger partial charge on any atom is 0.323 e. The molecule has 0 aliphatic carbocycles. The van der Waals surface area contributed by atoms with Gasteiger partial charge in [-0.1, -0.05) is 84.9 Å². The van der Waals surface area contributed by atoms with E-state index in [4.69, 9.17) is 4.74 Å². The van der Waals surface area contributed by atoms with Crippen LogP contribution in [0.2, 0.25) is 0 Å². The molecule has 6 aromatic rings. The predicted molar refractivity (Wildman–Crippen MR) is 183 cm³/mol. The minimum atomic E-state index is -0.338. The van der Waals surface area contributed by atoms with E-state index in [2.05, 4.69) is 15.6 Å². The molecule has 45 heavy (non-hydrogen) atoms. The zero-order chi connectivity index (χ0) is 31.2. The van der Waals surface area contributed by atoms with E-state index in [1.165, 1.54) is 0 Å². The Labute approximate surface area is 261 Å². The highest BCUT2D eigenvalue weighted by Crippen LogP contribution is 2.46. The zero-order valence-electron chi connectivity index (χ0n) is 24.8. The van der Waals surface area contributed by atoms with E-state index in [0.717, 1.165) is 32.7 Å². The van der Waals surface area contributed by atoms with Gasteiger partial charge in [0, 0.05) is 34.3 Å². The standard InChI is InChI=1S/C38H33N3O4/c1-25(23-42)39-22-29-21-28-12-6-8-17-33(28)36(37(29)43)35-32-16-7-5-11-27(32)18-19-34(35)45-24-26-10-9-15-31(20-26)41-38(44)40-30-13-3-2-4-14-30/h2-22,25,42-43H,23-24H2,1H3,(H2,40,41,44)/b39-22+/t25-/m1/s1. The first kappa shape index (κ1) is 29.4. The van der Waals surface area contributed by atoms with Crippen LogP contribution in [0.1, 0.15) is 18.1 Å². The van der Waals surface area contributed by atoms with Crippen LogP contribution < -0.4 is 15.4 Å². The van der Waals surface area contributed by atoms with E-state index in [0.29, 0.717) is 28.3 Å². The van der Waals surface area contributed by atoms with Gasteiger partial charge in [-0.05, 0) is 70.4 Å². The SMILES string of the molecule is C[C@H](CO)/N=C/c1cc2ccccc2c(-c2c(OCc3cccc(NC(=O)Nc4ccccc4)c3)ccc3ccccc23)c1O. The first-order chi connectivity index (χ1) is 22.0. The number of aliphatic imine (C=N–C) groups is 1. The maximum atomic E-state index is 12.6. The van der Waals surface area contributed by atoms with Crippen LogP contribution in [0, 0.1) is 0 Å². The number of aromatic hydroxyl groups is 1. The number of carbonyl (C=O) groups is 1. The minimum Gasteiger partial charge on any atom is -0.507 e. The lowest BCUT2D eigenvalue weighted by atomic mass is 9.90. The Morgan fingerprint density at radius 2 is 1.44 bits per heavy atom. The molecule has 7 nitrogen and oxygen atoms in total. The highest BCUT2D eigenvalue weighted by atomic mass is 16.5. The number of para-hydroxylation sites is 1. The number of anilines is 2. The van der Waals surface area contributed by atoms with Gasteiger partial charge in [-0.2, -0.15) is 0 Å². The topological polar surface area (TPSA) is 103 Å². The summed E-state index contributed by atoms with van der Waals surface area (Å²) >= 11 is 0. The van der Waals surface area contributed by atoms with Crippen molar-refractivity contribution in [2.24, 2.45) is 4.99 Å². The molecule has 0 bridgehead atoms. The highest BCUT2D eigenvalue weighted by molar-refractivity contribution is 6.12. The summed E-state index contributed by atoms with van der Waals surface area (Å²) in [5, 5.41) is 30.7. The van der Waals surface area contributed by atoms with Gasteiger partial charge < -0.3 is 25.6 Å².